The van der Waals surface area contributed by atoms with Gasteiger partial charge in [-0.25, -0.2) is 0 Å². The molecule has 2 nitrogen and oxygen atoms in total. The Labute approximate surface area is 113 Å². The van der Waals surface area contributed by atoms with E-state index in [0.717, 1.165) is 21.9 Å². The molecule has 96 valence electrons. The van der Waals surface area contributed by atoms with E-state index in [1.165, 1.54) is 0 Å². The third-order valence-corrected chi connectivity index (χ3v) is 3.08. The van der Waals surface area contributed by atoms with Crippen LogP contribution in [0, 0.1) is 12.3 Å². The number of terminal acetylenes is 1. The van der Waals surface area contributed by atoms with Crippen molar-refractivity contribution in [2.45, 2.75) is 20.0 Å². The highest BCUT2D eigenvalue weighted by molar-refractivity contribution is 5.90. The lowest BCUT2D eigenvalue weighted by Gasteiger charge is -2.15. The Hall–Kier alpha value is -2.40. The van der Waals surface area contributed by atoms with Gasteiger partial charge in [0.25, 0.3) is 0 Å². The average Bonchev–Trinajstić information content (AvgIpc) is 2.37. The molecule has 2 aromatic carbocycles. The summed E-state index contributed by atoms with van der Waals surface area (Å²) < 4.78 is 5.73. The van der Waals surface area contributed by atoms with E-state index in [1.54, 1.807) is 12.1 Å². The summed E-state index contributed by atoms with van der Waals surface area (Å²) in [7, 11) is 0. The van der Waals surface area contributed by atoms with Crippen molar-refractivity contribution in [3.8, 4) is 23.8 Å². The fourth-order valence-electron chi connectivity index (χ4n) is 1.79. The van der Waals surface area contributed by atoms with Crippen LogP contribution in [-0.2, 0) is 0 Å². The van der Waals surface area contributed by atoms with Gasteiger partial charge in [0.1, 0.15) is 17.6 Å². The molecule has 0 saturated heterocycles. The Kier molecular flexibility index (Phi) is 3.48. The fourth-order valence-corrected chi connectivity index (χ4v) is 1.79. The van der Waals surface area contributed by atoms with Crippen LogP contribution in [0.5, 0.6) is 11.5 Å². The van der Waals surface area contributed by atoms with Crippen LogP contribution in [0.4, 0.5) is 0 Å². The maximum absolute atomic E-state index is 10.0. The molecule has 0 fully saturated rings. The number of aromatic hydroxyl groups is 1. The van der Waals surface area contributed by atoms with Gasteiger partial charge in [0.05, 0.1) is 0 Å². The van der Waals surface area contributed by atoms with Crippen molar-refractivity contribution in [2.24, 2.45) is 0 Å². The summed E-state index contributed by atoms with van der Waals surface area (Å²) in [5.41, 5.74) is 1.70. The molecule has 0 saturated carbocycles. The zero-order chi connectivity index (χ0) is 14.0. The number of fused-ring (bicyclic) bond motifs is 1. The van der Waals surface area contributed by atoms with E-state index in [2.05, 4.69) is 12.5 Å². The third kappa shape index (κ3) is 2.71. The van der Waals surface area contributed by atoms with Gasteiger partial charge in [-0.2, -0.15) is 0 Å². The first kappa shape index (κ1) is 13.0. The van der Waals surface area contributed by atoms with Crippen molar-refractivity contribution in [2.75, 3.05) is 0 Å². The largest absolute Gasteiger partial charge is 0.507 e. The molecule has 0 aromatic heterocycles. The summed E-state index contributed by atoms with van der Waals surface area (Å²) in [6, 6.07) is 8.95. The van der Waals surface area contributed by atoms with E-state index in [0.29, 0.717) is 5.75 Å². The van der Waals surface area contributed by atoms with Gasteiger partial charge in [0, 0.05) is 17.0 Å². The Morgan fingerprint density at radius 1 is 1.37 bits per heavy atom. The lowest BCUT2D eigenvalue weighted by Crippen LogP contribution is -2.12. The van der Waals surface area contributed by atoms with E-state index < -0.39 is 0 Å². The van der Waals surface area contributed by atoms with Crippen LogP contribution in [0.15, 0.2) is 42.5 Å². The molecule has 0 aliphatic rings. The molecule has 0 heterocycles. The molecular weight excluding hydrogens is 236 g/mol. The Balaban J connectivity index is 2.48. The predicted octanol–water partition coefficient (Wildman–Crippen LogP) is 3.87. The highest BCUT2D eigenvalue weighted by Crippen LogP contribution is 2.31. The second kappa shape index (κ2) is 5.07. The minimum Gasteiger partial charge on any atom is -0.507 e. The number of phenols is 1. The van der Waals surface area contributed by atoms with Crippen LogP contribution in [0.1, 0.15) is 19.4 Å². The highest BCUT2D eigenvalue weighted by atomic mass is 16.5. The molecule has 0 bridgehead atoms. The minimum atomic E-state index is -0.104. The standard InChI is InChI=1S/C17H16O2/c1-5-13-6-7-16-14(8-13)9-15(10-17(16)18)19-12(4)11(2)3/h1,6-10,12,18H,2H2,3-4H3. The van der Waals surface area contributed by atoms with Crippen molar-refractivity contribution in [3.05, 3.63) is 48.0 Å². The van der Waals surface area contributed by atoms with Crippen LogP contribution in [-0.4, -0.2) is 11.2 Å². The molecule has 1 atom stereocenters. The summed E-state index contributed by atoms with van der Waals surface area (Å²) in [4.78, 5) is 0. The normalized spacial score (nSPS) is 11.8. The topological polar surface area (TPSA) is 29.5 Å². The number of ether oxygens (including phenoxy) is 1. The zero-order valence-electron chi connectivity index (χ0n) is 11.1. The molecular formula is C17H16O2. The van der Waals surface area contributed by atoms with Gasteiger partial charge in [0.15, 0.2) is 0 Å². The molecule has 2 rings (SSSR count). The Morgan fingerprint density at radius 3 is 2.74 bits per heavy atom. The van der Waals surface area contributed by atoms with Crippen LogP contribution in [0.2, 0.25) is 0 Å². The molecule has 1 unspecified atom stereocenters. The van der Waals surface area contributed by atoms with Crippen molar-refractivity contribution < 1.29 is 9.84 Å². The lowest BCUT2D eigenvalue weighted by molar-refractivity contribution is 0.257. The SMILES string of the molecule is C#Cc1ccc2c(O)cc(OC(C)C(=C)C)cc2c1. The van der Waals surface area contributed by atoms with Gasteiger partial charge in [0.2, 0.25) is 0 Å². The van der Waals surface area contributed by atoms with Gasteiger partial charge < -0.3 is 9.84 Å². The van der Waals surface area contributed by atoms with Crippen LogP contribution >= 0.6 is 0 Å². The molecule has 0 amide bonds. The molecule has 2 aromatic rings. The zero-order valence-corrected chi connectivity index (χ0v) is 11.1. The van der Waals surface area contributed by atoms with Gasteiger partial charge >= 0.3 is 0 Å². The molecule has 0 aliphatic heterocycles. The summed E-state index contributed by atoms with van der Waals surface area (Å²) in [5, 5.41) is 11.6. The van der Waals surface area contributed by atoms with Gasteiger partial charge in [-0.15, -0.1) is 6.42 Å². The third-order valence-electron chi connectivity index (χ3n) is 3.08. The van der Waals surface area contributed by atoms with E-state index in [-0.39, 0.29) is 11.9 Å². The monoisotopic (exact) mass is 252 g/mol. The van der Waals surface area contributed by atoms with Crippen LogP contribution < -0.4 is 4.74 Å². The van der Waals surface area contributed by atoms with Crippen LogP contribution in [0.25, 0.3) is 10.8 Å². The maximum atomic E-state index is 10.0. The molecule has 0 spiro atoms. The molecule has 2 heteroatoms. The Morgan fingerprint density at radius 2 is 2.11 bits per heavy atom. The fraction of sp³-hybridized carbons (Fsp3) is 0.176. The van der Waals surface area contributed by atoms with Gasteiger partial charge in [-0.05, 0) is 49.1 Å². The van der Waals surface area contributed by atoms with Crippen molar-refractivity contribution >= 4 is 10.8 Å². The van der Waals surface area contributed by atoms with Crippen LogP contribution in [0.3, 0.4) is 0 Å². The summed E-state index contributed by atoms with van der Waals surface area (Å²) in [6.45, 7) is 7.67. The second-order valence-electron chi connectivity index (χ2n) is 4.63. The van der Waals surface area contributed by atoms with E-state index in [9.17, 15) is 5.11 Å². The number of phenolic OH excluding ortho intramolecular Hbond substituents is 1. The van der Waals surface area contributed by atoms with Gasteiger partial charge in [-0.1, -0.05) is 12.5 Å². The second-order valence-corrected chi connectivity index (χ2v) is 4.63. The molecule has 19 heavy (non-hydrogen) atoms. The Bertz CT molecular complexity index is 677. The first-order chi connectivity index (χ1) is 9.01. The van der Waals surface area contributed by atoms with Gasteiger partial charge in [-0.3, -0.25) is 0 Å². The van der Waals surface area contributed by atoms with Crippen molar-refractivity contribution in [1.29, 1.82) is 0 Å². The highest BCUT2D eigenvalue weighted by Gasteiger charge is 2.08. The number of hydrogen-bond donors (Lipinski definition) is 1. The first-order valence-electron chi connectivity index (χ1n) is 6.06. The van der Waals surface area contributed by atoms with Crippen molar-refractivity contribution in [1.82, 2.24) is 0 Å². The summed E-state index contributed by atoms with van der Waals surface area (Å²) in [5.74, 6) is 3.37. The van der Waals surface area contributed by atoms with Crippen molar-refractivity contribution in [3.63, 3.8) is 0 Å². The van der Waals surface area contributed by atoms with E-state index >= 15 is 0 Å². The molecule has 1 N–H and O–H groups in total. The number of benzene rings is 2. The molecule has 0 radical (unpaired) electrons. The minimum absolute atomic E-state index is 0.104. The maximum Gasteiger partial charge on any atom is 0.127 e. The summed E-state index contributed by atoms with van der Waals surface area (Å²) >= 11 is 0. The average molecular weight is 252 g/mol. The quantitative estimate of drug-likeness (QED) is 0.663. The van der Waals surface area contributed by atoms with E-state index in [1.807, 2.05) is 32.0 Å². The first-order valence-corrected chi connectivity index (χ1v) is 6.06. The molecule has 0 aliphatic carbocycles. The smallest absolute Gasteiger partial charge is 0.127 e. The van der Waals surface area contributed by atoms with E-state index in [4.69, 9.17) is 11.2 Å². The lowest BCUT2D eigenvalue weighted by atomic mass is 10.1. The number of rotatable bonds is 3. The predicted molar refractivity (Wildman–Crippen MR) is 78.5 cm³/mol. The number of hydrogen-bond acceptors (Lipinski definition) is 2. The summed E-state index contributed by atoms with van der Waals surface area (Å²) in [6.07, 6.45) is 5.28.